The molecule has 3 aromatic rings. The van der Waals surface area contributed by atoms with Gasteiger partial charge in [0.15, 0.2) is 0 Å². The Morgan fingerprint density at radius 1 is 0.838 bits per heavy atom. The standard InChI is InChI=1S/C31H34Cl2N2O2/c1-22-9-12-25(23(2)19-22)5-3-6-27(36)20-24-10-13-26(14-11-24)34-15-17-35(18-16-34)31(37)21-28-29(32)7-4-8-30(28)33/h4,7-14,19H,3,5-6,15-18,20-21H2,1-2H3. The highest BCUT2D eigenvalue weighted by Crippen LogP contribution is 2.26. The van der Waals surface area contributed by atoms with E-state index in [4.69, 9.17) is 23.2 Å². The zero-order valence-electron chi connectivity index (χ0n) is 21.6. The van der Waals surface area contributed by atoms with Gasteiger partial charge in [-0.05, 0) is 73.2 Å². The molecule has 0 aliphatic carbocycles. The maximum Gasteiger partial charge on any atom is 0.227 e. The maximum atomic E-state index is 12.8. The highest BCUT2D eigenvalue weighted by Gasteiger charge is 2.23. The number of halogens is 2. The van der Waals surface area contributed by atoms with Gasteiger partial charge in [-0.3, -0.25) is 9.59 Å². The Labute approximate surface area is 230 Å². The van der Waals surface area contributed by atoms with Crippen molar-refractivity contribution in [3.63, 3.8) is 0 Å². The van der Waals surface area contributed by atoms with Crippen molar-refractivity contribution in [3.8, 4) is 0 Å². The van der Waals surface area contributed by atoms with Crippen molar-refractivity contribution in [2.45, 2.75) is 46.0 Å². The second-order valence-corrected chi connectivity index (χ2v) is 10.7. The molecule has 0 N–H and O–H groups in total. The van der Waals surface area contributed by atoms with Crippen LogP contribution >= 0.6 is 23.2 Å². The van der Waals surface area contributed by atoms with Crippen molar-refractivity contribution in [1.29, 1.82) is 0 Å². The third-order valence-corrected chi connectivity index (χ3v) is 7.83. The van der Waals surface area contributed by atoms with Crippen LogP contribution in [0.1, 0.15) is 40.7 Å². The van der Waals surface area contributed by atoms with Crippen LogP contribution in [0.3, 0.4) is 0 Å². The predicted molar refractivity (Wildman–Crippen MR) is 153 cm³/mol. The van der Waals surface area contributed by atoms with E-state index in [0.29, 0.717) is 41.5 Å². The molecule has 0 saturated carbocycles. The number of nitrogens with zero attached hydrogens (tertiary/aromatic N) is 2. The van der Waals surface area contributed by atoms with E-state index in [1.165, 1.54) is 16.7 Å². The van der Waals surface area contributed by atoms with Crippen LogP contribution < -0.4 is 4.90 Å². The molecule has 1 aliphatic heterocycles. The van der Waals surface area contributed by atoms with Gasteiger partial charge in [0.1, 0.15) is 5.78 Å². The quantitative estimate of drug-likeness (QED) is 0.308. The molecule has 0 bridgehead atoms. The molecule has 1 amide bonds. The molecule has 0 aromatic heterocycles. The minimum Gasteiger partial charge on any atom is -0.368 e. The van der Waals surface area contributed by atoms with Gasteiger partial charge in [-0.1, -0.05) is 65.2 Å². The number of amides is 1. The lowest BCUT2D eigenvalue weighted by atomic mass is 9.98. The van der Waals surface area contributed by atoms with E-state index in [-0.39, 0.29) is 18.1 Å². The van der Waals surface area contributed by atoms with Crippen molar-refractivity contribution in [2.75, 3.05) is 31.1 Å². The molecule has 194 valence electrons. The predicted octanol–water partition coefficient (Wildman–Crippen LogP) is 6.64. The lowest BCUT2D eigenvalue weighted by Crippen LogP contribution is -2.49. The minimum absolute atomic E-state index is 0.0426. The second kappa shape index (κ2) is 12.6. The second-order valence-electron chi connectivity index (χ2n) is 9.91. The summed E-state index contributed by atoms with van der Waals surface area (Å²) in [7, 11) is 0. The first-order chi connectivity index (χ1) is 17.8. The van der Waals surface area contributed by atoms with E-state index in [9.17, 15) is 9.59 Å². The average Bonchev–Trinajstić information content (AvgIpc) is 2.88. The summed E-state index contributed by atoms with van der Waals surface area (Å²) in [6.07, 6.45) is 3.11. The average molecular weight is 538 g/mol. The molecule has 1 aliphatic rings. The number of anilines is 1. The molecule has 4 rings (SSSR count). The number of carbonyl (C=O) groups is 2. The summed E-state index contributed by atoms with van der Waals surface area (Å²) >= 11 is 12.5. The van der Waals surface area contributed by atoms with Crippen LogP contribution in [-0.4, -0.2) is 42.8 Å². The normalized spacial score (nSPS) is 13.6. The minimum atomic E-state index is 0.0426. The van der Waals surface area contributed by atoms with Crippen LogP contribution in [-0.2, 0) is 28.9 Å². The molecule has 0 atom stereocenters. The zero-order valence-corrected chi connectivity index (χ0v) is 23.1. The van der Waals surface area contributed by atoms with E-state index < -0.39 is 0 Å². The Morgan fingerprint density at radius 3 is 2.16 bits per heavy atom. The van der Waals surface area contributed by atoms with Gasteiger partial charge >= 0.3 is 0 Å². The van der Waals surface area contributed by atoms with E-state index in [1.807, 2.05) is 17.0 Å². The fourth-order valence-corrected chi connectivity index (χ4v) is 5.45. The van der Waals surface area contributed by atoms with Crippen molar-refractivity contribution >= 4 is 40.6 Å². The number of rotatable bonds is 9. The summed E-state index contributed by atoms with van der Waals surface area (Å²) in [5.74, 6) is 0.323. The van der Waals surface area contributed by atoms with E-state index in [1.54, 1.807) is 18.2 Å². The Morgan fingerprint density at radius 2 is 1.51 bits per heavy atom. The number of hydrogen-bond donors (Lipinski definition) is 0. The summed E-state index contributed by atoms with van der Waals surface area (Å²) in [5.41, 5.74) is 6.76. The monoisotopic (exact) mass is 536 g/mol. The van der Waals surface area contributed by atoms with Crippen molar-refractivity contribution in [2.24, 2.45) is 0 Å². The number of ketones is 1. The molecule has 4 nitrogen and oxygen atoms in total. The molecule has 1 fully saturated rings. The van der Waals surface area contributed by atoms with E-state index in [2.05, 4.69) is 49.1 Å². The summed E-state index contributed by atoms with van der Waals surface area (Å²) in [4.78, 5) is 29.5. The van der Waals surface area contributed by atoms with Gasteiger partial charge in [0.05, 0.1) is 6.42 Å². The van der Waals surface area contributed by atoms with Gasteiger partial charge in [-0.15, -0.1) is 0 Å². The SMILES string of the molecule is Cc1ccc(CCCC(=O)Cc2ccc(N3CCN(C(=O)Cc4c(Cl)cccc4Cl)CC3)cc2)c(C)c1. The van der Waals surface area contributed by atoms with Gasteiger partial charge in [0, 0.05) is 54.8 Å². The fraction of sp³-hybridized carbons (Fsp3) is 0.355. The first-order valence-corrected chi connectivity index (χ1v) is 13.7. The summed E-state index contributed by atoms with van der Waals surface area (Å²) in [5, 5.41) is 1.05. The van der Waals surface area contributed by atoms with Gasteiger partial charge in [0.25, 0.3) is 0 Å². The highest BCUT2D eigenvalue weighted by atomic mass is 35.5. The number of carbonyl (C=O) groups excluding carboxylic acids is 2. The first kappa shape index (κ1) is 27.2. The maximum absolute atomic E-state index is 12.8. The van der Waals surface area contributed by atoms with E-state index >= 15 is 0 Å². The molecule has 0 radical (unpaired) electrons. The number of piperazine rings is 1. The molecule has 6 heteroatoms. The van der Waals surface area contributed by atoms with Crippen LogP contribution in [0.25, 0.3) is 0 Å². The van der Waals surface area contributed by atoms with Crippen molar-refractivity contribution in [1.82, 2.24) is 4.90 Å². The topological polar surface area (TPSA) is 40.6 Å². The zero-order chi connectivity index (χ0) is 26.4. The van der Waals surface area contributed by atoms with Crippen molar-refractivity contribution in [3.05, 3.63) is 98.5 Å². The molecule has 1 heterocycles. The Kier molecular flexibility index (Phi) is 9.28. The summed E-state index contributed by atoms with van der Waals surface area (Å²) in [6, 6.07) is 20.1. The first-order valence-electron chi connectivity index (χ1n) is 12.9. The molecule has 1 saturated heterocycles. The summed E-state index contributed by atoms with van der Waals surface area (Å²) < 4.78 is 0. The Balaban J connectivity index is 1.22. The van der Waals surface area contributed by atoms with Crippen LogP contribution in [0.4, 0.5) is 5.69 Å². The number of hydrogen-bond acceptors (Lipinski definition) is 3. The van der Waals surface area contributed by atoms with Crippen LogP contribution in [0, 0.1) is 13.8 Å². The van der Waals surface area contributed by atoms with Gasteiger partial charge < -0.3 is 9.80 Å². The molecule has 0 unspecified atom stereocenters. The van der Waals surface area contributed by atoms with Crippen LogP contribution in [0.5, 0.6) is 0 Å². The third kappa shape index (κ3) is 7.37. The highest BCUT2D eigenvalue weighted by molar-refractivity contribution is 6.36. The Bertz CT molecular complexity index is 1230. The van der Waals surface area contributed by atoms with Crippen molar-refractivity contribution < 1.29 is 9.59 Å². The molecule has 37 heavy (non-hydrogen) atoms. The van der Waals surface area contributed by atoms with Gasteiger partial charge in [-0.25, -0.2) is 0 Å². The number of Topliss-reactive ketones (excluding diaryl/α,β-unsaturated/α-hetero) is 1. The third-order valence-electron chi connectivity index (χ3n) is 7.12. The molecule has 3 aromatic carbocycles. The van der Waals surface area contributed by atoms with E-state index in [0.717, 1.165) is 37.2 Å². The van der Waals surface area contributed by atoms with Crippen LogP contribution in [0.15, 0.2) is 60.7 Å². The molecular weight excluding hydrogens is 503 g/mol. The fourth-order valence-electron chi connectivity index (χ4n) is 4.92. The lowest BCUT2D eigenvalue weighted by molar-refractivity contribution is -0.130. The summed E-state index contributed by atoms with van der Waals surface area (Å²) in [6.45, 7) is 7.08. The molecule has 0 spiro atoms. The lowest BCUT2D eigenvalue weighted by Gasteiger charge is -2.36. The van der Waals surface area contributed by atoms with Gasteiger partial charge in [-0.2, -0.15) is 0 Å². The van der Waals surface area contributed by atoms with Gasteiger partial charge in [0.2, 0.25) is 5.91 Å². The number of aryl methyl sites for hydroxylation is 3. The molecular formula is C31H34Cl2N2O2. The largest absolute Gasteiger partial charge is 0.368 e. The van der Waals surface area contributed by atoms with Crippen LogP contribution in [0.2, 0.25) is 10.0 Å². The Hall–Kier alpha value is -2.82. The smallest absolute Gasteiger partial charge is 0.227 e. The number of benzene rings is 3.